The molecule has 0 unspecified atom stereocenters. The van der Waals surface area contributed by atoms with E-state index in [4.69, 9.17) is 0 Å². The van der Waals surface area contributed by atoms with Crippen LogP contribution in [0.3, 0.4) is 0 Å². The molecular weight excluding hydrogens is 91.0 g/mol. The molecule has 0 aromatic heterocycles. The van der Waals surface area contributed by atoms with Crippen LogP contribution in [-0.2, 0) is 4.84 Å². The molecule has 0 aliphatic heterocycles. The van der Waals surface area contributed by atoms with Gasteiger partial charge in [0.2, 0.25) is 0 Å². The van der Waals surface area contributed by atoms with Crippen LogP contribution in [0, 0.1) is 0 Å². The summed E-state index contributed by atoms with van der Waals surface area (Å²) in [6.45, 7) is 0. The molecule has 0 saturated heterocycles. The Balaban J connectivity index is 2.99. The zero-order valence-corrected chi connectivity index (χ0v) is 2.77. The molecule has 0 radical (unpaired) electrons. The van der Waals surface area contributed by atoms with Gasteiger partial charge >= 0.3 is 6.09 Å². The molecule has 0 atom stereocenters. The standard InChI is InChI=1S/CH3FN2O2/c2-4-1(5)6-3/h3H2,(H,4,5). The highest BCUT2D eigenvalue weighted by atomic mass is 19.2. The van der Waals surface area contributed by atoms with Crippen molar-refractivity contribution in [2.75, 3.05) is 0 Å². The summed E-state index contributed by atoms with van der Waals surface area (Å²) in [7, 11) is 0. The zero-order chi connectivity index (χ0) is 4.99. The van der Waals surface area contributed by atoms with Crippen molar-refractivity contribution in [1.82, 2.24) is 5.54 Å². The number of hydrogen-bond donors (Lipinski definition) is 2. The maximum atomic E-state index is 10.6. The van der Waals surface area contributed by atoms with Crippen molar-refractivity contribution in [2.24, 2.45) is 5.90 Å². The molecule has 4 nitrogen and oxygen atoms in total. The number of carbonyl (C=O) groups excluding carboxylic acids is 1. The summed E-state index contributed by atoms with van der Waals surface area (Å²) in [5, 5.41) is 0. The van der Waals surface area contributed by atoms with Crippen molar-refractivity contribution in [3.63, 3.8) is 0 Å². The fourth-order valence-electron chi connectivity index (χ4n) is 0.0223. The van der Waals surface area contributed by atoms with Crippen molar-refractivity contribution in [3.8, 4) is 0 Å². The molecule has 0 fully saturated rings. The monoisotopic (exact) mass is 94.0 g/mol. The largest absolute Gasteiger partial charge is 0.454 e. The lowest BCUT2D eigenvalue weighted by Crippen LogP contribution is -2.18. The molecule has 0 rings (SSSR count). The minimum atomic E-state index is -1.30. The van der Waals surface area contributed by atoms with Crippen LogP contribution >= 0.6 is 0 Å². The molecule has 0 bridgehead atoms. The first kappa shape index (κ1) is 5.16. The fourth-order valence-corrected chi connectivity index (χ4v) is 0.0223. The van der Waals surface area contributed by atoms with Gasteiger partial charge in [0.1, 0.15) is 0 Å². The van der Waals surface area contributed by atoms with Crippen LogP contribution in [-0.4, -0.2) is 6.09 Å². The fraction of sp³-hybridized carbons (Fsp3) is 0. The second-order valence-electron chi connectivity index (χ2n) is 0.500. The number of rotatable bonds is 0. The van der Waals surface area contributed by atoms with E-state index >= 15 is 0 Å². The first-order valence-corrected chi connectivity index (χ1v) is 1.08. The number of hydrogen-bond acceptors (Lipinski definition) is 3. The van der Waals surface area contributed by atoms with Gasteiger partial charge in [-0.05, 0) is 0 Å². The summed E-state index contributed by atoms with van der Waals surface area (Å²) in [5.41, 5.74) is 0.628. The number of nitrogens with one attached hydrogen (secondary N) is 1. The third-order valence-corrected chi connectivity index (χ3v) is 0.184. The molecule has 5 heteroatoms. The molecule has 0 saturated carbocycles. The minimum absolute atomic E-state index is 0.628. The van der Waals surface area contributed by atoms with E-state index in [1.165, 1.54) is 0 Å². The van der Waals surface area contributed by atoms with Gasteiger partial charge in [0, 0.05) is 0 Å². The molecule has 0 spiro atoms. The highest BCUT2D eigenvalue weighted by molar-refractivity contribution is 5.64. The van der Waals surface area contributed by atoms with Crippen LogP contribution in [0.25, 0.3) is 0 Å². The molecule has 36 valence electrons. The zero-order valence-electron chi connectivity index (χ0n) is 2.77. The van der Waals surface area contributed by atoms with Crippen LogP contribution in [0.2, 0.25) is 0 Å². The molecule has 1 amide bonds. The Labute approximate surface area is 33.0 Å². The number of amides is 1. The predicted molar refractivity (Wildman–Crippen MR) is 14.9 cm³/mol. The quantitative estimate of drug-likeness (QED) is 0.313. The minimum Gasteiger partial charge on any atom is -0.355 e. The van der Waals surface area contributed by atoms with E-state index in [1.54, 1.807) is 0 Å². The molecule has 0 aromatic carbocycles. The summed E-state index contributed by atoms with van der Waals surface area (Å²) >= 11 is 0. The average Bonchev–Trinajstić information content (AvgIpc) is 1.65. The van der Waals surface area contributed by atoms with E-state index in [-0.39, 0.29) is 0 Å². The summed E-state index contributed by atoms with van der Waals surface area (Å²) in [5.74, 6) is 4.13. The van der Waals surface area contributed by atoms with E-state index in [9.17, 15) is 9.28 Å². The van der Waals surface area contributed by atoms with Crippen LogP contribution in [0.4, 0.5) is 9.28 Å². The van der Waals surface area contributed by atoms with Gasteiger partial charge in [0.05, 0.1) is 0 Å². The van der Waals surface area contributed by atoms with Crippen molar-refractivity contribution in [2.45, 2.75) is 0 Å². The Kier molecular flexibility index (Phi) is 2.06. The normalized spacial score (nSPS) is 7.00. The lowest BCUT2D eigenvalue weighted by molar-refractivity contribution is 0.125. The van der Waals surface area contributed by atoms with E-state index in [0.717, 1.165) is 0 Å². The summed E-state index contributed by atoms with van der Waals surface area (Å²) in [6, 6.07) is 0. The molecule has 3 N–H and O–H groups in total. The number of carbonyl (C=O) groups is 1. The van der Waals surface area contributed by atoms with Crippen LogP contribution in [0.15, 0.2) is 0 Å². The van der Waals surface area contributed by atoms with Crippen molar-refractivity contribution in [3.05, 3.63) is 0 Å². The Hall–Kier alpha value is -0.840. The Morgan fingerprint density at radius 2 is 2.50 bits per heavy atom. The first-order chi connectivity index (χ1) is 2.81. The molecule has 0 heterocycles. The van der Waals surface area contributed by atoms with Crippen molar-refractivity contribution in [1.29, 1.82) is 0 Å². The van der Waals surface area contributed by atoms with Gasteiger partial charge in [-0.1, -0.05) is 4.48 Å². The van der Waals surface area contributed by atoms with Crippen molar-refractivity contribution < 1.29 is 14.1 Å². The van der Waals surface area contributed by atoms with E-state index in [1.807, 2.05) is 0 Å². The summed E-state index contributed by atoms with van der Waals surface area (Å²) in [6.07, 6.45) is -1.30. The third-order valence-electron chi connectivity index (χ3n) is 0.184. The van der Waals surface area contributed by atoms with Gasteiger partial charge < -0.3 is 4.84 Å². The Morgan fingerprint density at radius 1 is 2.00 bits per heavy atom. The molecule has 6 heavy (non-hydrogen) atoms. The van der Waals surface area contributed by atoms with Crippen LogP contribution in [0.5, 0.6) is 0 Å². The van der Waals surface area contributed by atoms with E-state index < -0.39 is 6.09 Å². The second kappa shape index (κ2) is 2.40. The summed E-state index contributed by atoms with van der Waals surface area (Å²) < 4.78 is 10.6. The van der Waals surface area contributed by atoms with Crippen molar-refractivity contribution >= 4 is 6.09 Å². The van der Waals surface area contributed by atoms with Gasteiger partial charge in [-0.15, -0.1) is 0 Å². The van der Waals surface area contributed by atoms with Crippen LogP contribution in [0.1, 0.15) is 0 Å². The highest BCUT2D eigenvalue weighted by Crippen LogP contribution is 1.61. The highest BCUT2D eigenvalue weighted by Gasteiger charge is 1.90. The third kappa shape index (κ3) is 1.48. The molecule has 0 aliphatic rings. The Morgan fingerprint density at radius 3 is 2.50 bits per heavy atom. The SMILES string of the molecule is NOC(=O)NF. The maximum Gasteiger partial charge on any atom is 0.454 e. The summed E-state index contributed by atoms with van der Waals surface area (Å²) in [4.78, 5) is 12.6. The second-order valence-corrected chi connectivity index (χ2v) is 0.500. The molecular formula is CH3FN2O2. The maximum absolute atomic E-state index is 10.6. The van der Waals surface area contributed by atoms with Gasteiger partial charge in [0.15, 0.2) is 0 Å². The average molecular weight is 94.0 g/mol. The van der Waals surface area contributed by atoms with E-state index in [2.05, 4.69) is 10.7 Å². The molecule has 0 aliphatic carbocycles. The molecule has 0 aromatic rings. The lowest BCUT2D eigenvalue weighted by atomic mass is 11.3. The Bertz CT molecular complexity index is 49.5. The lowest BCUT2D eigenvalue weighted by Gasteiger charge is -1.85. The number of halogens is 1. The van der Waals surface area contributed by atoms with E-state index in [0.29, 0.717) is 5.54 Å². The van der Waals surface area contributed by atoms with Gasteiger partial charge in [-0.2, -0.15) is 11.4 Å². The number of nitrogens with two attached hydrogens (primary N) is 1. The van der Waals surface area contributed by atoms with Gasteiger partial charge in [-0.3, -0.25) is 0 Å². The van der Waals surface area contributed by atoms with Gasteiger partial charge in [0.25, 0.3) is 0 Å². The van der Waals surface area contributed by atoms with Crippen LogP contribution < -0.4 is 11.4 Å². The first-order valence-electron chi connectivity index (χ1n) is 1.08. The van der Waals surface area contributed by atoms with Gasteiger partial charge in [-0.25, -0.2) is 4.79 Å². The predicted octanol–water partition coefficient (Wildman–Crippen LogP) is -0.529. The smallest absolute Gasteiger partial charge is 0.355 e. The topological polar surface area (TPSA) is 64.3 Å².